The van der Waals surface area contributed by atoms with Gasteiger partial charge in [0.25, 0.3) is 5.91 Å². The second-order valence-electron chi connectivity index (χ2n) is 4.50. The third-order valence-corrected chi connectivity index (χ3v) is 3.06. The Labute approximate surface area is 112 Å². The zero-order valence-corrected chi connectivity index (χ0v) is 11.4. The van der Waals surface area contributed by atoms with Crippen molar-refractivity contribution in [2.24, 2.45) is 0 Å². The quantitative estimate of drug-likeness (QED) is 0.886. The van der Waals surface area contributed by atoms with E-state index in [1.165, 1.54) is 0 Å². The van der Waals surface area contributed by atoms with Crippen molar-refractivity contribution >= 4 is 17.4 Å². The van der Waals surface area contributed by atoms with Crippen molar-refractivity contribution in [3.05, 3.63) is 41.1 Å². The van der Waals surface area contributed by atoms with Gasteiger partial charge in [-0.1, -0.05) is 12.1 Å². The molecule has 5 heteroatoms. The Hall–Kier alpha value is -2.30. The monoisotopic (exact) mass is 258 g/mol. The number of nitrogen functional groups attached to an aromatic ring is 1. The highest BCUT2D eigenvalue weighted by Crippen LogP contribution is 2.21. The van der Waals surface area contributed by atoms with Crippen molar-refractivity contribution in [3.63, 3.8) is 0 Å². The highest BCUT2D eigenvalue weighted by molar-refractivity contribution is 6.09. The second-order valence-corrected chi connectivity index (χ2v) is 4.50. The first-order chi connectivity index (χ1) is 9.04. The Morgan fingerprint density at radius 2 is 2.16 bits per heavy atom. The van der Waals surface area contributed by atoms with Crippen LogP contribution in [-0.2, 0) is 0 Å². The molecule has 1 amide bonds. The number of hydrogen-bond donors (Lipinski definition) is 2. The Morgan fingerprint density at radius 1 is 1.42 bits per heavy atom. The van der Waals surface area contributed by atoms with Crippen LogP contribution in [0.2, 0.25) is 0 Å². The van der Waals surface area contributed by atoms with Gasteiger partial charge in [-0.25, -0.2) is 0 Å². The number of aryl methyl sites for hydroxylation is 2. The van der Waals surface area contributed by atoms with E-state index in [2.05, 4.69) is 10.2 Å². The lowest BCUT2D eigenvalue weighted by molar-refractivity contribution is 0.0988. The smallest absolute Gasteiger partial charge is 0.263 e. The molecule has 0 spiro atoms. The van der Waals surface area contributed by atoms with Crippen molar-refractivity contribution < 1.29 is 4.79 Å². The summed E-state index contributed by atoms with van der Waals surface area (Å²) in [7, 11) is 0. The number of rotatable bonds is 3. The highest BCUT2D eigenvalue weighted by atomic mass is 16.2. The zero-order valence-electron chi connectivity index (χ0n) is 11.4. The Balaban J connectivity index is 2.40. The fourth-order valence-corrected chi connectivity index (χ4v) is 2.09. The standard InChI is InChI=1S/C14H18N4O/c1-4-18(11-7-5-6-9(2)8-11)14(19)12-10(3)16-17-13(12)15/h5-8H,4H2,1-3H3,(H3,15,16,17). The molecule has 19 heavy (non-hydrogen) atoms. The highest BCUT2D eigenvalue weighted by Gasteiger charge is 2.22. The van der Waals surface area contributed by atoms with E-state index in [9.17, 15) is 4.79 Å². The molecule has 0 aliphatic heterocycles. The first-order valence-corrected chi connectivity index (χ1v) is 6.23. The number of nitrogens with zero attached hydrogens (tertiary/aromatic N) is 2. The average Bonchev–Trinajstić information content (AvgIpc) is 2.70. The van der Waals surface area contributed by atoms with E-state index in [4.69, 9.17) is 5.73 Å². The molecule has 1 aromatic heterocycles. The van der Waals surface area contributed by atoms with Gasteiger partial charge in [-0.2, -0.15) is 5.10 Å². The number of carbonyl (C=O) groups excluding carboxylic acids is 1. The van der Waals surface area contributed by atoms with Crippen molar-refractivity contribution in [2.75, 3.05) is 17.2 Å². The van der Waals surface area contributed by atoms with Gasteiger partial charge in [-0.05, 0) is 38.5 Å². The summed E-state index contributed by atoms with van der Waals surface area (Å²) in [5, 5.41) is 6.61. The Kier molecular flexibility index (Phi) is 3.55. The van der Waals surface area contributed by atoms with Gasteiger partial charge >= 0.3 is 0 Å². The van der Waals surface area contributed by atoms with E-state index in [0.717, 1.165) is 11.3 Å². The van der Waals surface area contributed by atoms with Gasteiger partial charge in [0, 0.05) is 17.9 Å². The molecule has 100 valence electrons. The van der Waals surface area contributed by atoms with Crippen LogP contribution in [-0.4, -0.2) is 22.6 Å². The maximum Gasteiger partial charge on any atom is 0.263 e. The molecule has 0 atom stereocenters. The minimum absolute atomic E-state index is 0.128. The largest absolute Gasteiger partial charge is 0.382 e. The van der Waals surface area contributed by atoms with Gasteiger partial charge in [-0.3, -0.25) is 9.89 Å². The van der Waals surface area contributed by atoms with E-state index in [1.807, 2.05) is 38.1 Å². The summed E-state index contributed by atoms with van der Waals surface area (Å²) < 4.78 is 0. The molecule has 0 saturated heterocycles. The third-order valence-electron chi connectivity index (χ3n) is 3.06. The Bertz CT molecular complexity index is 584. The molecule has 0 fully saturated rings. The first-order valence-electron chi connectivity index (χ1n) is 6.23. The summed E-state index contributed by atoms with van der Waals surface area (Å²) in [6.45, 7) is 6.30. The van der Waals surface area contributed by atoms with E-state index in [1.54, 1.807) is 11.8 Å². The van der Waals surface area contributed by atoms with Gasteiger partial charge in [0.15, 0.2) is 5.82 Å². The molecule has 0 unspecified atom stereocenters. The summed E-state index contributed by atoms with van der Waals surface area (Å²) in [6.07, 6.45) is 0. The molecule has 2 aromatic rings. The molecule has 2 rings (SSSR count). The van der Waals surface area contributed by atoms with Gasteiger partial charge in [-0.15, -0.1) is 0 Å². The van der Waals surface area contributed by atoms with Crippen LogP contribution in [0.5, 0.6) is 0 Å². The SMILES string of the molecule is CCN(C(=O)c1c(N)n[nH]c1C)c1cccc(C)c1. The fraction of sp³-hybridized carbons (Fsp3) is 0.286. The maximum absolute atomic E-state index is 12.6. The van der Waals surface area contributed by atoms with E-state index >= 15 is 0 Å². The summed E-state index contributed by atoms with van der Waals surface area (Å²) in [5.41, 5.74) is 8.87. The van der Waals surface area contributed by atoms with Crippen molar-refractivity contribution in [2.45, 2.75) is 20.8 Å². The van der Waals surface area contributed by atoms with E-state index in [-0.39, 0.29) is 11.7 Å². The lowest BCUT2D eigenvalue weighted by Gasteiger charge is -2.21. The average molecular weight is 258 g/mol. The summed E-state index contributed by atoms with van der Waals surface area (Å²) >= 11 is 0. The number of carbonyl (C=O) groups is 1. The number of H-pyrrole nitrogens is 1. The zero-order chi connectivity index (χ0) is 14.0. The van der Waals surface area contributed by atoms with Gasteiger partial charge in [0.1, 0.15) is 5.56 Å². The van der Waals surface area contributed by atoms with E-state index in [0.29, 0.717) is 17.8 Å². The van der Waals surface area contributed by atoms with Crippen LogP contribution < -0.4 is 10.6 Å². The van der Waals surface area contributed by atoms with Crippen molar-refractivity contribution in [3.8, 4) is 0 Å². The van der Waals surface area contributed by atoms with Gasteiger partial charge in [0.05, 0.1) is 0 Å². The number of amides is 1. The van der Waals surface area contributed by atoms with Crippen LogP contribution in [0.25, 0.3) is 0 Å². The number of anilines is 2. The molecule has 0 aliphatic rings. The maximum atomic E-state index is 12.6. The van der Waals surface area contributed by atoms with E-state index < -0.39 is 0 Å². The predicted octanol–water partition coefficient (Wildman–Crippen LogP) is 2.28. The number of benzene rings is 1. The first kappa shape index (κ1) is 13.1. The minimum atomic E-state index is -0.128. The molecule has 1 aromatic carbocycles. The molecule has 0 bridgehead atoms. The van der Waals surface area contributed by atoms with Crippen molar-refractivity contribution in [1.29, 1.82) is 0 Å². The molecule has 1 heterocycles. The van der Waals surface area contributed by atoms with Crippen LogP contribution >= 0.6 is 0 Å². The van der Waals surface area contributed by atoms with Crippen LogP contribution in [0.4, 0.5) is 11.5 Å². The predicted molar refractivity (Wildman–Crippen MR) is 76.3 cm³/mol. The Morgan fingerprint density at radius 3 is 2.68 bits per heavy atom. The lowest BCUT2D eigenvalue weighted by Crippen LogP contribution is -2.31. The molecule has 0 saturated carbocycles. The van der Waals surface area contributed by atoms with Gasteiger partial charge < -0.3 is 10.6 Å². The molecular formula is C14H18N4O. The lowest BCUT2D eigenvalue weighted by atomic mass is 10.1. The molecule has 0 aliphatic carbocycles. The van der Waals surface area contributed by atoms with Crippen LogP contribution in [0.15, 0.2) is 24.3 Å². The van der Waals surface area contributed by atoms with Crippen LogP contribution in [0.1, 0.15) is 28.5 Å². The summed E-state index contributed by atoms with van der Waals surface area (Å²) in [6, 6.07) is 7.83. The molecule has 3 N–H and O–H groups in total. The van der Waals surface area contributed by atoms with Gasteiger partial charge in [0.2, 0.25) is 0 Å². The topological polar surface area (TPSA) is 75.0 Å². The molecule has 0 radical (unpaired) electrons. The number of aromatic amines is 1. The minimum Gasteiger partial charge on any atom is -0.382 e. The fourth-order valence-electron chi connectivity index (χ4n) is 2.09. The summed E-state index contributed by atoms with van der Waals surface area (Å²) in [4.78, 5) is 14.3. The number of nitrogens with one attached hydrogen (secondary N) is 1. The second kappa shape index (κ2) is 5.14. The van der Waals surface area contributed by atoms with Crippen LogP contribution in [0.3, 0.4) is 0 Å². The van der Waals surface area contributed by atoms with Crippen molar-refractivity contribution in [1.82, 2.24) is 10.2 Å². The third kappa shape index (κ3) is 2.45. The molecule has 5 nitrogen and oxygen atoms in total. The number of hydrogen-bond acceptors (Lipinski definition) is 3. The number of nitrogens with two attached hydrogens (primary N) is 1. The number of aromatic nitrogens is 2. The normalized spacial score (nSPS) is 10.5. The van der Waals surface area contributed by atoms with Crippen LogP contribution in [0, 0.1) is 13.8 Å². The molecular weight excluding hydrogens is 240 g/mol. The summed E-state index contributed by atoms with van der Waals surface area (Å²) in [5.74, 6) is 0.116.